The number of H-pyrrole nitrogens is 1. The summed E-state index contributed by atoms with van der Waals surface area (Å²) >= 11 is 0. The van der Waals surface area contributed by atoms with Crippen molar-refractivity contribution in [2.24, 2.45) is 5.73 Å². The SMILES string of the molecule is Cl.[2H]C1([2H])N(CCCCc2c[nH]c3ccc(C#N)cc23)CCN(c2ccc3oc(C(N)=O)cc3c2)C1([2H])[2H]. The molecule has 0 saturated carbocycles. The first-order valence-corrected chi connectivity index (χ1v) is 11.0. The van der Waals surface area contributed by atoms with Crippen LogP contribution in [0, 0.1) is 11.3 Å². The number of hydrogen-bond acceptors (Lipinski definition) is 5. The number of aryl methyl sites for hydroxylation is 1. The molecule has 176 valence electrons. The number of halogens is 1. The number of rotatable bonds is 7. The summed E-state index contributed by atoms with van der Waals surface area (Å²) in [6, 6.07) is 14.2. The Morgan fingerprint density at radius 3 is 2.88 bits per heavy atom. The van der Waals surface area contributed by atoms with Crippen molar-refractivity contribution in [3.63, 3.8) is 0 Å². The number of carbonyl (C=O) groups is 1. The number of aromatic amines is 1. The van der Waals surface area contributed by atoms with E-state index in [0.29, 0.717) is 48.3 Å². The van der Waals surface area contributed by atoms with Crippen molar-refractivity contribution in [3.8, 4) is 6.07 Å². The van der Waals surface area contributed by atoms with Crippen molar-refractivity contribution in [1.82, 2.24) is 9.88 Å². The monoisotopic (exact) mass is 481 g/mol. The van der Waals surface area contributed by atoms with E-state index in [2.05, 4.69) is 11.1 Å². The summed E-state index contributed by atoms with van der Waals surface area (Å²) in [6.07, 6.45) is 4.24. The maximum Gasteiger partial charge on any atom is 0.284 e. The van der Waals surface area contributed by atoms with E-state index in [1.165, 1.54) is 11.0 Å². The number of fused-ring (bicyclic) bond motifs is 2. The minimum atomic E-state index is -2.29. The van der Waals surface area contributed by atoms with Crippen molar-refractivity contribution >= 4 is 45.9 Å². The molecule has 1 saturated heterocycles. The largest absolute Gasteiger partial charge is 0.451 e. The Labute approximate surface area is 210 Å². The standard InChI is InChI=1S/C26H27N5O2.ClH/c27-16-18-4-6-23-22(13-18)19(17-29-23)3-1-2-8-30-9-11-31(12-10-30)21-5-7-24-20(14-21)15-25(33-24)26(28)32;/h4-7,13-15,17,29H,1-3,8-12H2,(H2,28,32);1H/i9D2,11D2;. The maximum atomic E-state index is 11.4. The molecular formula is C26H28ClN5O2. The predicted molar refractivity (Wildman–Crippen MR) is 137 cm³/mol. The average molecular weight is 482 g/mol. The fourth-order valence-corrected chi connectivity index (χ4v) is 4.22. The van der Waals surface area contributed by atoms with E-state index < -0.39 is 18.9 Å². The molecule has 7 nitrogen and oxygen atoms in total. The predicted octanol–water partition coefficient (Wildman–Crippen LogP) is 4.45. The summed E-state index contributed by atoms with van der Waals surface area (Å²) in [5.41, 5.74) is 8.97. The maximum absolute atomic E-state index is 11.4. The van der Waals surface area contributed by atoms with E-state index in [0.717, 1.165) is 29.3 Å². The number of anilines is 1. The second-order valence-corrected chi connectivity index (χ2v) is 8.20. The zero-order valence-electron chi connectivity index (χ0n) is 22.5. The smallest absolute Gasteiger partial charge is 0.284 e. The van der Waals surface area contributed by atoms with Gasteiger partial charge in [-0.3, -0.25) is 9.69 Å². The number of nitriles is 1. The number of nitrogens with one attached hydrogen (secondary N) is 1. The molecule has 0 aliphatic carbocycles. The zero-order chi connectivity index (χ0) is 26.4. The van der Waals surface area contributed by atoms with Crippen LogP contribution in [0.15, 0.2) is 53.1 Å². The lowest BCUT2D eigenvalue weighted by atomic mass is 10.1. The Morgan fingerprint density at radius 2 is 2.06 bits per heavy atom. The molecule has 2 aromatic carbocycles. The Morgan fingerprint density at radius 1 is 1.18 bits per heavy atom. The average Bonchev–Trinajstić information content (AvgIpc) is 3.48. The van der Waals surface area contributed by atoms with Crippen molar-refractivity contribution in [3.05, 3.63) is 65.5 Å². The van der Waals surface area contributed by atoms with Gasteiger partial charge in [0, 0.05) is 57.0 Å². The molecule has 1 fully saturated rings. The number of aromatic nitrogens is 1. The van der Waals surface area contributed by atoms with Crippen LogP contribution in [-0.2, 0) is 6.42 Å². The molecule has 0 atom stereocenters. The Bertz CT molecular complexity index is 1530. The fraction of sp³-hybridized carbons (Fsp3) is 0.308. The first-order chi connectivity index (χ1) is 17.6. The fourth-order valence-electron chi connectivity index (χ4n) is 4.22. The third-order valence-corrected chi connectivity index (χ3v) is 6.01. The van der Waals surface area contributed by atoms with Crippen LogP contribution in [0.3, 0.4) is 0 Å². The van der Waals surface area contributed by atoms with Gasteiger partial charge in [0.25, 0.3) is 5.91 Å². The number of primary amides is 1. The van der Waals surface area contributed by atoms with Gasteiger partial charge in [0.2, 0.25) is 0 Å². The molecule has 2 aromatic heterocycles. The van der Waals surface area contributed by atoms with Gasteiger partial charge in [-0.1, -0.05) is 0 Å². The molecule has 4 aromatic rings. The number of nitrogens with zero attached hydrogens (tertiary/aromatic N) is 3. The van der Waals surface area contributed by atoms with E-state index in [9.17, 15) is 10.1 Å². The van der Waals surface area contributed by atoms with Crippen LogP contribution in [-0.4, -0.2) is 48.4 Å². The van der Waals surface area contributed by atoms with Gasteiger partial charge in [-0.15, -0.1) is 12.4 Å². The molecule has 0 spiro atoms. The summed E-state index contributed by atoms with van der Waals surface area (Å²) in [4.78, 5) is 17.7. The number of carbonyl (C=O) groups excluding carboxylic acids is 1. The molecule has 1 aliphatic rings. The summed E-state index contributed by atoms with van der Waals surface area (Å²) < 4.78 is 40.2. The lowest BCUT2D eigenvalue weighted by Crippen LogP contribution is -2.46. The molecule has 1 amide bonds. The van der Waals surface area contributed by atoms with Gasteiger partial charge in [-0.2, -0.15) is 5.26 Å². The van der Waals surface area contributed by atoms with Gasteiger partial charge in [0.05, 0.1) is 14.4 Å². The van der Waals surface area contributed by atoms with Gasteiger partial charge in [-0.05, 0) is 73.8 Å². The summed E-state index contributed by atoms with van der Waals surface area (Å²) in [7, 11) is 0. The van der Waals surface area contributed by atoms with Crippen LogP contribution in [0.25, 0.3) is 21.9 Å². The molecule has 0 unspecified atom stereocenters. The van der Waals surface area contributed by atoms with Crippen molar-refractivity contribution < 1.29 is 14.7 Å². The van der Waals surface area contributed by atoms with Gasteiger partial charge in [0.15, 0.2) is 5.76 Å². The van der Waals surface area contributed by atoms with Crippen LogP contribution in [0.1, 0.15) is 40.0 Å². The topological polar surface area (TPSA) is 102 Å². The Balaban J connectivity index is 0.00000336. The highest BCUT2D eigenvalue weighted by molar-refractivity contribution is 5.95. The zero-order valence-corrected chi connectivity index (χ0v) is 19.3. The third kappa shape index (κ3) is 4.89. The van der Waals surface area contributed by atoms with E-state index in [1.54, 1.807) is 29.2 Å². The molecule has 1 aliphatic heterocycles. The number of nitrogens with two attached hydrogens (primary N) is 1. The molecule has 3 heterocycles. The lowest BCUT2D eigenvalue weighted by Gasteiger charge is -2.36. The first-order valence-electron chi connectivity index (χ1n) is 13.0. The highest BCUT2D eigenvalue weighted by Gasteiger charge is 2.18. The minimum absolute atomic E-state index is 0. The molecule has 5 rings (SSSR count). The highest BCUT2D eigenvalue weighted by atomic mass is 35.5. The van der Waals surface area contributed by atoms with Gasteiger partial charge in [-0.25, -0.2) is 0 Å². The first kappa shape index (κ1) is 18.9. The number of unbranched alkanes of at least 4 members (excludes halogenated alkanes) is 1. The number of furan rings is 1. The third-order valence-electron chi connectivity index (χ3n) is 6.01. The van der Waals surface area contributed by atoms with Crippen molar-refractivity contribution in [2.45, 2.75) is 19.3 Å². The summed E-state index contributed by atoms with van der Waals surface area (Å²) in [5, 5.41) is 10.8. The molecular weight excluding hydrogens is 450 g/mol. The second-order valence-electron chi connectivity index (χ2n) is 8.20. The number of amides is 1. The van der Waals surface area contributed by atoms with E-state index >= 15 is 0 Å². The molecule has 8 heteroatoms. The molecule has 3 N–H and O–H groups in total. The van der Waals surface area contributed by atoms with E-state index in [-0.39, 0.29) is 18.2 Å². The second kappa shape index (κ2) is 10.2. The van der Waals surface area contributed by atoms with E-state index in [1.807, 2.05) is 18.3 Å². The van der Waals surface area contributed by atoms with Gasteiger partial charge < -0.3 is 20.0 Å². The molecule has 0 bridgehead atoms. The Hall–Kier alpha value is -3.47. The normalized spacial score (nSPS) is 19.0. The number of benzene rings is 2. The van der Waals surface area contributed by atoms with Crippen molar-refractivity contribution in [1.29, 1.82) is 5.26 Å². The highest BCUT2D eigenvalue weighted by Crippen LogP contribution is 2.26. The summed E-state index contributed by atoms with van der Waals surface area (Å²) in [6.45, 7) is -3.43. The quantitative estimate of drug-likeness (QED) is 0.379. The minimum Gasteiger partial charge on any atom is -0.451 e. The Kier molecular flexibility index (Phi) is 5.67. The van der Waals surface area contributed by atoms with Crippen molar-refractivity contribution in [2.75, 3.05) is 37.5 Å². The number of piperazine rings is 1. The van der Waals surface area contributed by atoms with Gasteiger partial charge in [0.1, 0.15) is 5.58 Å². The molecule has 0 radical (unpaired) electrons. The van der Waals surface area contributed by atoms with Crippen LogP contribution in [0.5, 0.6) is 0 Å². The summed E-state index contributed by atoms with van der Waals surface area (Å²) in [5.74, 6) is -0.664. The van der Waals surface area contributed by atoms with Gasteiger partial charge >= 0.3 is 0 Å². The molecule has 34 heavy (non-hydrogen) atoms. The van der Waals surface area contributed by atoms with Crippen LogP contribution in [0.2, 0.25) is 0 Å². The van der Waals surface area contributed by atoms with Crippen LogP contribution >= 0.6 is 12.4 Å². The van der Waals surface area contributed by atoms with Crippen LogP contribution < -0.4 is 10.6 Å². The lowest BCUT2D eigenvalue weighted by molar-refractivity contribution is 0.0976. The van der Waals surface area contributed by atoms with Crippen LogP contribution in [0.4, 0.5) is 5.69 Å². The number of hydrogen-bond donors (Lipinski definition) is 2. The van der Waals surface area contributed by atoms with E-state index in [4.69, 9.17) is 15.6 Å².